The van der Waals surface area contributed by atoms with Crippen molar-refractivity contribution in [2.24, 2.45) is 0 Å². The van der Waals surface area contributed by atoms with Gasteiger partial charge in [0.25, 0.3) is 6.43 Å². The number of ether oxygens (including phenoxy) is 1. The number of hydrogen-bond acceptors (Lipinski definition) is 8. The van der Waals surface area contributed by atoms with Crippen LogP contribution in [0.25, 0.3) is 0 Å². The molecule has 0 bridgehead atoms. The van der Waals surface area contributed by atoms with E-state index in [-0.39, 0.29) is 43.1 Å². The van der Waals surface area contributed by atoms with E-state index in [0.717, 1.165) is 30.5 Å². The molecule has 10 nitrogen and oxygen atoms in total. The number of aromatic nitrogens is 4. The molecule has 1 atom stereocenters. The lowest BCUT2D eigenvalue weighted by Gasteiger charge is -2.34. The second-order valence-electron chi connectivity index (χ2n) is 9.83. The van der Waals surface area contributed by atoms with Crippen LogP contribution in [0.3, 0.4) is 0 Å². The van der Waals surface area contributed by atoms with Gasteiger partial charge in [0, 0.05) is 43.0 Å². The third kappa shape index (κ3) is 7.97. The molecule has 17 heteroatoms. The smallest absolute Gasteiger partial charge is 0.451 e. The number of nitrogens with zero attached hydrogens (tertiary/aromatic N) is 5. The highest BCUT2D eigenvalue weighted by Crippen LogP contribution is 2.35. The van der Waals surface area contributed by atoms with Crippen LogP contribution in [0.4, 0.5) is 47.2 Å². The number of rotatable bonds is 9. The van der Waals surface area contributed by atoms with E-state index < -0.39 is 72.3 Å². The summed E-state index contributed by atoms with van der Waals surface area (Å²) in [6.07, 6.45) is -4.98. The van der Waals surface area contributed by atoms with E-state index >= 15 is 0 Å². The molecule has 0 saturated carbocycles. The summed E-state index contributed by atoms with van der Waals surface area (Å²) in [6.45, 7) is 0.180. The number of alkyl halides is 5. The number of nitrogens with one attached hydrogen (secondary N) is 2. The standard InChI is InChI=1S/C26H26F7N7O3/c1-25(42,13-43-19-5-8-34-22(37-19)26(31,32)33)15-11-35-23(36-12-18(29)30)38-20(15)14-6-9-40(10-7-14)24(41)39-21-16(27)3-2-4-17(21)28/h2-5,8,11,14,18,42H,6-7,9-10,12-13H2,1H3,(H,39,41)(H,35,36,38). The summed E-state index contributed by atoms with van der Waals surface area (Å²) in [6, 6.07) is 3.48. The van der Waals surface area contributed by atoms with Gasteiger partial charge in [-0.25, -0.2) is 37.3 Å². The van der Waals surface area contributed by atoms with Crippen LogP contribution in [0, 0.1) is 11.6 Å². The van der Waals surface area contributed by atoms with Gasteiger partial charge in [-0.2, -0.15) is 18.2 Å². The van der Waals surface area contributed by atoms with Crippen LogP contribution in [0.1, 0.15) is 42.8 Å². The lowest BCUT2D eigenvalue weighted by Crippen LogP contribution is -2.41. The monoisotopic (exact) mass is 617 g/mol. The molecule has 0 radical (unpaired) electrons. The lowest BCUT2D eigenvalue weighted by atomic mass is 9.86. The molecule has 3 aromatic rings. The molecule has 0 aliphatic carbocycles. The predicted molar refractivity (Wildman–Crippen MR) is 138 cm³/mol. The summed E-state index contributed by atoms with van der Waals surface area (Å²) in [5, 5.41) is 15.9. The average molecular weight is 618 g/mol. The quantitative estimate of drug-likeness (QED) is 0.289. The molecule has 4 rings (SSSR count). The highest BCUT2D eigenvalue weighted by Gasteiger charge is 2.36. The number of carbonyl (C=O) groups excluding carboxylic acids is 1. The largest absolute Gasteiger partial charge is 0.474 e. The molecule has 0 spiro atoms. The van der Waals surface area contributed by atoms with E-state index in [9.17, 15) is 40.6 Å². The summed E-state index contributed by atoms with van der Waals surface area (Å²) >= 11 is 0. The molecule has 3 N–H and O–H groups in total. The van der Waals surface area contributed by atoms with Gasteiger partial charge >= 0.3 is 12.2 Å². The molecular formula is C26H26F7N7O3. The van der Waals surface area contributed by atoms with E-state index in [0.29, 0.717) is 0 Å². The van der Waals surface area contributed by atoms with Crippen molar-refractivity contribution >= 4 is 17.7 Å². The Labute approximate surface area is 240 Å². The first-order valence-electron chi connectivity index (χ1n) is 12.9. The van der Waals surface area contributed by atoms with Crippen LogP contribution in [0.2, 0.25) is 0 Å². The second-order valence-corrected chi connectivity index (χ2v) is 9.83. The minimum Gasteiger partial charge on any atom is -0.474 e. The van der Waals surface area contributed by atoms with Gasteiger partial charge in [0.2, 0.25) is 17.7 Å². The fourth-order valence-electron chi connectivity index (χ4n) is 4.39. The van der Waals surface area contributed by atoms with Crippen LogP contribution in [0.15, 0.2) is 36.7 Å². The number of carbonyl (C=O) groups is 1. The Balaban J connectivity index is 1.52. The van der Waals surface area contributed by atoms with Crippen molar-refractivity contribution in [3.8, 4) is 5.88 Å². The third-order valence-electron chi connectivity index (χ3n) is 6.56. The van der Waals surface area contributed by atoms with Gasteiger partial charge in [0.15, 0.2) is 0 Å². The summed E-state index contributed by atoms with van der Waals surface area (Å²) in [7, 11) is 0. The zero-order chi connectivity index (χ0) is 31.4. The third-order valence-corrected chi connectivity index (χ3v) is 6.56. The highest BCUT2D eigenvalue weighted by molar-refractivity contribution is 5.89. The van der Waals surface area contributed by atoms with Crippen LogP contribution >= 0.6 is 0 Å². The molecular weight excluding hydrogens is 591 g/mol. The van der Waals surface area contributed by atoms with Crippen LogP contribution in [-0.2, 0) is 11.8 Å². The summed E-state index contributed by atoms with van der Waals surface area (Å²) in [4.78, 5) is 28.8. The molecule has 43 heavy (non-hydrogen) atoms. The second kappa shape index (κ2) is 12.9. The molecule has 2 aromatic heterocycles. The number of hydrogen-bond donors (Lipinski definition) is 3. The fraction of sp³-hybridized carbons (Fsp3) is 0.423. The molecule has 232 valence electrons. The van der Waals surface area contributed by atoms with Gasteiger partial charge in [0.05, 0.1) is 12.2 Å². The SMILES string of the molecule is CC(O)(COc1ccnc(C(F)(F)F)n1)c1cnc(NCC(F)F)nc1C1CCN(C(=O)Nc2c(F)cccc2F)CC1. The number of halogens is 7. The molecule has 1 aliphatic rings. The van der Waals surface area contributed by atoms with Crippen molar-refractivity contribution in [3.05, 3.63) is 65.4 Å². The molecule has 1 aliphatic heterocycles. The number of urea groups is 1. The van der Waals surface area contributed by atoms with Gasteiger partial charge < -0.3 is 25.4 Å². The van der Waals surface area contributed by atoms with E-state index in [2.05, 4.69) is 30.6 Å². The van der Waals surface area contributed by atoms with Crippen molar-refractivity contribution in [1.29, 1.82) is 0 Å². The zero-order valence-corrected chi connectivity index (χ0v) is 22.5. The van der Waals surface area contributed by atoms with Gasteiger partial charge in [0.1, 0.15) is 29.5 Å². The van der Waals surface area contributed by atoms with Crippen molar-refractivity contribution in [2.75, 3.05) is 36.9 Å². The number of likely N-dealkylation sites (tertiary alicyclic amines) is 1. The maximum atomic E-state index is 14.0. The first-order chi connectivity index (χ1) is 20.2. The van der Waals surface area contributed by atoms with E-state index in [1.54, 1.807) is 0 Å². The van der Waals surface area contributed by atoms with Crippen molar-refractivity contribution in [2.45, 2.75) is 43.9 Å². The molecule has 1 fully saturated rings. The van der Waals surface area contributed by atoms with Gasteiger partial charge in [-0.1, -0.05) is 6.07 Å². The number of aliphatic hydroxyl groups is 1. The number of amides is 2. The van der Waals surface area contributed by atoms with Gasteiger partial charge in [-0.05, 0) is 31.9 Å². The Bertz CT molecular complexity index is 1410. The molecule has 1 unspecified atom stereocenters. The van der Waals surface area contributed by atoms with E-state index in [4.69, 9.17) is 4.74 Å². The van der Waals surface area contributed by atoms with Crippen LogP contribution in [0.5, 0.6) is 5.88 Å². The summed E-state index contributed by atoms with van der Waals surface area (Å²) in [5.74, 6) is -4.38. The number of para-hydroxylation sites is 1. The van der Waals surface area contributed by atoms with E-state index in [1.165, 1.54) is 18.0 Å². The molecule has 1 saturated heterocycles. The fourth-order valence-corrected chi connectivity index (χ4v) is 4.39. The first kappa shape index (κ1) is 31.7. The van der Waals surface area contributed by atoms with Crippen molar-refractivity contribution < 1.29 is 45.4 Å². The maximum absolute atomic E-state index is 14.0. The summed E-state index contributed by atoms with van der Waals surface area (Å²) < 4.78 is 97.8. The Morgan fingerprint density at radius 2 is 1.79 bits per heavy atom. The minimum atomic E-state index is -4.82. The van der Waals surface area contributed by atoms with Crippen molar-refractivity contribution in [1.82, 2.24) is 24.8 Å². The van der Waals surface area contributed by atoms with E-state index in [1.807, 2.05) is 0 Å². The number of piperidine rings is 1. The normalized spacial score (nSPS) is 15.7. The topological polar surface area (TPSA) is 125 Å². The lowest BCUT2D eigenvalue weighted by molar-refractivity contribution is -0.145. The van der Waals surface area contributed by atoms with Gasteiger partial charge in [-0.15, -0.1) is 0 Å². The molecule has 2 amide bonds. The van der Waals surface area contributed by atoms with Gasteiger partial charge in [-0.3, -0.25) is 0 Å². The maximum Gasteiger partial charge on any atom is 0.451 e. The Hall–Kier alpha value is -4.28. The van der Waals surface area contributed by atoms with Crippen LogP contribution < -0.4 is 15.4 Å². The first-order valence-corrected chi connectivity index (χ1v) is 12.9. The molecule has 3 heterocycles. The Morgan fingerprint density at radius 1 is 1.12 bits per heavy atom. The Morgan fingerprint density at radius 3 is 2.42 bits per heavy atom. The summed E-state index contributed by atoms with van der Waals surface area (Å²) in [5.41, 5.74) is -2.14. The van der Waals surface area contributed by atoms with Crippen molar-refractivity contribution in [3.63, 3.8) is 0 Å². The minimum absolute atomic E-state index is 0.107. The average Bonchev–Trinajstić information content (AvgIpc) is 2.96. The van der Waals surface area contributed by atoms with Crippen LogP contribution in [-0.4, -0.2) is 68.6 Å². The Kier molecular flexibility index (Phi) is 9.52. The number of anilines is 2. The zero-order valence-electron chi connectivity index (χ0n) is 22.5. The highest BCUT2D eigenvalue weighted by atomic mass is 19.4. The number of benzene rings is 1. The predicted octanol–water partition coefficient (Wildman–Crippen LogP) is 4.94. The molecule has 1 aromatic carbocycles.